The van der Waals surface area contributed by atoms with Crippen molar-refractivity contribution in [1.82, 2.24) is 0 Å². The molecule has 1 unspecified atom stereocenters. The van der Waals surface area contributed by atoms with Crippen molar-refractivity contribution < 1.29 is 54.1 Å². The molecule has 2 fully saturated rings. The number of aliphatic hydroxyl groups excluding tert-OH is 3. The van der Waals surface area contributed by atoms with Crippen molar-refractivity contribution in [3.05, 3.63) is 42.0 Å². The van der Waals surface area contributed by atoms with Crippen LogP contribution in [-0.4, -0.2) is 87.4 Å². The van der Waals surface area contributed by atoms with Gasteiger partial charge in [-0.2, -0.15) is 0 Å². The molecule has 0 aromatic heterocycles. The summed E-state index contributed by atoms with van der Waals surface area (Å²) in [5.41, 5.74) is 0.769. The molecule has 0 amide bonds. The van der Waals surface area contributed by atoms with Gasteiger partial charge in [0, 0.05) is 6.08 Å². The van der Waals surface area contributed by atoms with E-state index in [1.165, 1.54) is 12.2 Å². The minimum atomic E-state index is -1.71. The Kier molecular flexibility index (Phi) is 9.57. The second-order valence-electron chi connectivity index (χ2n) is 9.25. The van der Waals surface area contributed by atoms with Gasteiger partial charge < -0.3 is 39.7 Å². The molecule has 2 aliphatic rings. The van der Waals surface area contributed by atoms with E-state index < -0.39 is 79.6 Å². The summed E-state index contributed by atoms with van der Waals surface area (Å²) >= 11 is 0. The third kappa shape index (κ3) is 6.68. The number of carboxylic acids is 2. The Labute approximate surface area is 207 Å². The molecule has 5 N–H and O–H groups in total. The molecular weight excluding hydrogens is 476 g/mol. The summed E-state index contributed by atoms with van der Waals surface area (Å²) in [6.45, 7) is 0.810. The quantitative estimate of drug-likeness (QED) is 0.220. The Bertz CT molecular complexity index is 933. The number of hydrogen-bond donors (Lipinski definition) is 5. The fourth-order valence-electron chi connectivity index (χ4n) is 4.82. The molecule has 1 aromatic rings. The number of ether oxygens (including phenoxy) is 3. The third-order valence-corrected chi connectivity index (χ3v) is 6.86. The van der Waals surface area contributed by atoms with Gasteiger partial charge in [-0.1, -0.05) is 37.3 Å². The number of benzene rings is 1. The lowest BCUT2D eigenvalue weighted by molar-refractivity contribution is -0.304. The maximum absolute atomic E-state index is 12.0. The lowest BCUT2D eigenvalue weighted by Gasteiger charge is -2.40. The molecular formula is C25H32O11. The first kappa shape index (κ1) is 27.8. The van der Waals surface area contributed by atoms with E-state index in [0.717, 1.165) is 5.56 Å². The molecule has 1 saturated carbocycles. The van der Waals surface area contributed by atoms with E-state index in [1.54, 1.807) is 31.2 Å². The molecule has 1 heterocycles. The highest BCUT2D eigenvalue weighted by molar-refractivity contribution is 5.87. The number of aliphatic carboxylic acids is 2. The zero-order valence-corrected chi connectivity index (χ0v) is 19.8. The van der Waals surface area contributed by atoms with E-state index in [0.29, 0.717) is 12.8 Å². The number of carbonyl (C=O) groups is 3. The van der Waals surface area contributed by atoms with Gasteiger partial charge in [-0.15, -0.1) is 0 Å². The number of aliphatic hydroxyl groups is 3. The molecule has 0 bridgehead atoms. The summed E-state index contributed by atoms with van der Waals surface area (Å²) < 4.78 is 16.1. The van der Waals surface area contributed by atoms with Gasteiger partial charge in [-0.3, -0.25) is 9.59 Å². The summed E-state index contributed by atoms with van der Waals surface area (Å²) in [6.07, 6.45) is -4.15. The van der Waals surface area contributed by atoms with Gasteiger partial charge in [0.2, 0.25) is 0 Å². The minimum Gasteiger partial charge on any atom is -0.481 e. The van der Waals surface area contributed by atoms with Crippen LogP contribution in [0.4, 0.5) is 0 Å². The maximum Gasteiger partial charge on any atom is 0.330 e. The van der Waals surface area contributed by atoms with Gasteiger partial charge in [0.25, 0.3) is 0 Å². The SMILES string of the molecule is C[C@H]1CC[C@H](C(CO[C@@H]2O[C@H](COC(=O)/C=C/c3ccccc3)[C@H](O)[C@H](O)[C@H]2O)C(=O)O)[C@H]1C(=O)O. The molecule has 1 aromatic carbocycles. The predicted molar refractivity (Wildman–Crippen MR) is 123 cm³/mol. The third-order valence-electron chi connectivity index (χ3n) is 6.86. The molecule has 1 aliphatic heterocycles. The van der Waals surface area contributed by atoms with Crippen LogP contribution in [0.3, 0.4) is 0 Å². The summed E-state index contributed by atoms with van der Waals surface area (Å²) in [7, 11) is 0. The van der Waals surface area contributed by atoms with Crippen LogP contribution >= 0.6 is 0 Å². The van der Waals surface area contributed by atoms with Crippen LogP contribution in [0.25, 0.3) is 6.08 Å². The summed E-state index contributed by atoms with van der Waals surface area (Å²) in [5, 5.41) is 50.0. The predicted octanol–water partition coefficient (Wildman–Crippen LogP) is 0.515. The van der Waals surface area contributed by atoms with E-state index in [1.807, 2.05) is 6.07 Å². The van der Waals surface area contributed by atoms with Crippen LogP contribution in [0, 0.1) is 23.7 Å². The Hall–Kier alpha value is -2.83. The average Bonchev–Trinajstić information content (AvgIpc) is 3.23. The molecule has 1 aliphatic carbocycles. The smallest absolute Gasteiger partial charge is 0.330 e. The van der Waals surface area contributed by atoms with Crippen LogP contribution < -0.4 is 0 Å². The van der Waals surface area contributed by atoms with Crippen molar-refractivity contribution in [3.8, 4) is 0 Å². The highest BCUT2D eigenvalue weighted by Gasteiger charge is 2.48. The monoisotopic (exact) mass is 508 g/mol. The first-order valence-electron chi connectivity index (χ1n) is 11.8. The van der Waals surface area contributed by atoms with E-state index in [9.17, 15) is 39.9 Å². The first-order chi connectivity index (χ1) is 17.1. The van der Waals surface area contributed by atoms with Gasteiger partial charge in [-0.05, 0) is 36.3 Å². The fraction of sp³-hybridized carbons (Fsp3) is 0.560. The zero-order valence-electron chi connectivity index (χ0n) is 19.8. The van der Waals surface area contributed by atoms with Crippen molar-refractivity contribution in [2.75, 3.05) is 13.2 Å². The lowest BCUT2D eigenvalue weighted by Crippen LogP contribution is -2.59. The van der Waals surface area contributed by atoms with E-state index in [-0.39, 0.29) is 5.92 Å². The number of carboxylic acid groups (broad SMARTS) is 2. The largest absolute Gasteiger partial charge is 0.481 e. The Balaban J connectivity index is 1.60. The second-order valence-corrected chi connectivity index (χ2v) is 9.25. The number of rotatable bonds is 10. The second kappa shape index (κ2) is 12.4. The number of hydrogen-bond acceptors (Lipinski definition) is 9. The molecule has 11 heteroatoms. The maximum atomic E-state index is 12.0. The summed E-state index contributed by atoms with van der Waals surface area (Å²) in [5.74, 6) is -5.97. The van der Waals surface area contributed by atoms with E-state index in [4.69, 9.17) is 14.2 Å². The highest BCUT2D eigenvalue weighted by atomic mass is 16.7. The van der Waals surface area contributed by atoms with Crippen molar-refractivity contribution in [2.45, 2.75) is 50.5 Å². The van der Waals surface area contributed by atoms with Crippen molar-refractivity contribution in [2.24, 2.45) is 23.7 Å². The molecule has 0 radical (unpaired) electrons. The van der Waals surface area contributed by atoms with Crippen molar-refractivity contribution in [1.29, 1.82) is 0 Å². The summed E-state index contributed by atoms with van der Waals surface area (Å²) in [6, 6.07) is 8.99. The molecule has 0 spiro atoms. The summed E-state index contributed by atoms with van der Waals surface area (Å²) in [4.78, 5) is 35.6. The highest BCUT2D eigenvalue weighted by Crippen LogP contribution is 2.42. The van der Waals surface area contributed by atoms with Gasteiger partial charge in [0.15, 0.2) is 6.29 Å². The standard InChI is InChI=1S/C25H32O11/c1-13-7-9-15(19(13)24(32)33)16(23(30)31)11-35-25-22(29)21(28)20(27)17(36-25)12-34-18(26)10-8-14-5-3-2-4-6-14/h2-6,8,10,13,15-17,19-22,25,27-29H,7,9,11-12H2,1H3,(H,30,31)(H,32,33)/b10-8+/t13-,15+,16?,17+,19-,20-,21-,22+,25+/m0/s1. The van der Waals surface area contributed by atoms with Crippen molar-refractivity contribution in [3.63, 3.8) is 0 Å². The van der Waals surface area contributed by atoms with Gasteiger partial charge in [0.1, 0.15) is 31.0 Å². The number of esters is 1. The number of carbonyl (C=O) groups excluding carboxylic acids is 1. The Morgan fingerprint density at radius 3 is 2.39 bits per heavy atom. The first-order valence-corrected chi connectivity index (χ1v) is 11.8. The topological polar surface area (TPSA) is 180 Å². The van der Waals surface area contributed by atoms with Gasteiger partial charge in [0.05, 0.1) is 18.4 Å². The normalized spacial score (nSPS) is 33.3. The van der Waals surface area contributed by atoms with Crippen LogP contribution in [-0.2, 0) is 28.6 Å². The van der Waals surface area contributed by atoms with E-state index >= 15 is 0 Å². The van der Waals surface area contributed by atoms with E-state index in [2.05, 4.69) is 0 Å². The van der Waals surface area contributed by atoms with Gasteiger partial charge >= 0.3 is 17.9 Å². The molecule has 9 atom stereocenters. The molecule has 11 nitrogen and oxygen atoms in total. The van der Waals surface area contributed by atoms with Crippen LogP contribution in [0.2, 0.25) is 0 Å². The molecule has 198 valence electrons. The Morgan fingerprint density at radius 1 is 1.06 bits per heavy atom. The zero-order chi connectivity index (χ0) is 26.4. The average molecular weight is 509 g/mol. The lowest BCUT2D eigenvalue weighted by atomic mass is 9.81. The molecule has 1 saturated heterocycles. The fourth-order valence-corrected chi connectivity index (χ4v) is 4.82. The van der Waals surface area contributed by atoms with Crippen LogP contribution in [0.5, 0.6) is 0 Å². The molecule has 36 heavy (non-hydrogen) atoms. The van der Waals surface area contributed by atoms with Gasteiger partial charge in [-0.25, -0.2) is 4.79 Å². The van der Waals surface area contributed by atoms with Crippen LogP contribution in [0.15, 0.2) is 36.4 Å². The molecule has 3 rings (SSSR count). The Morgan fingerprint density at radius 2 is 1.75 bits per heavy atom. The minimum absolute atomic E-state index is 0.196. The van der Waals surface area contributed by atoms with Crippen molar-refractivity contribution >= 4 is 24.0 Å². The van der Waals surface area contributed by atoms with Crippen LogP contribution in [0.1, 0.15) is 25.3 Å².